The molecule has 2 aromatic rings. The Morgan fingerprint density at radius 1 is 1.11 bits per heavy atom. The number of aliphatic carboxylic acids is 1. The van der Waals surface area contributed by atoms with Crippen LogP contribution in [0, 0.1) is 0 Å². The fourth-order valence-electron chi connectivity index (χ4n) is 3.81. The summed E-state index contributed by atoms with van der Waals surface area (Å²) in [5, 5.41) is 17.2. The van der Waals surface area contributed by atoms with Gasteiger partial charge in [0.05, 0.1) is 5.52 Å². The molecule has 188 valence electrons. The fourth-order valence-corrected chi connectivity index (χ4v) is 3.81. The monoisotopic (exact) mass is 479 g/mol. The van der Waals surface area contributed by atoms with E-state index in [0.717, 1.165) is 30.5 Å². The highest BCUT2D eigenvalue weighted by molar-refractivity contribution is 6.05. The number of carbonyl (C=O) groups is 2. The van der Waals surface area contributed by atoms with Crippen molar-refractivity contribution in [2.24, 2.45) is 9.98 Å². The summed E-state index contributed by atoms with van der Waals surface area (Å²) < 4.78 is 1.34. The maximum Gasteiger partial charge on any atom is 0.325 e. The summed E-state index contributed by atoms with van der Waals surface area (Å²) in [7, 11) is 0. The molecule has 0 aliphatic rings. The van der Waals surface area contributed by atoms with Gasteiger partial charge in [0, 0.05) is 25.1 Å². The Hall–Kier alpha value is -3.55. The summed E-state index contributed by atoms with van der Waals surface area (Å²) in [4.78, 5) is 31.6. The molecule has 0 spiro atoms. The van der Waals surface area contributed by atoms with Crippen molar-refractivity contribution in [3.8, 4) is 0 Å². The first-order valence-electron chi connectivity index (χ1n) is 12.2. The zero-order valence-corrected chi connectivity index (χ0v) is 20.9. The van der Waals surface area contributed by atoms with Gasteiger partial charge >= 0.3 is 5.97 Å². The molecule has 0 aliphatic heterocycles. The molecule has 0 amide bonds. The van der Waals surface area contributed by atoms with Gasteiger partial charge in [0.2, 0.25) is 5.96 Å². The second kappa shape index (κ2) is 14.7. The van der Waals surface area contributed by atoms with Gasteiger partial charge in [0.1, 0.15) is 12.2 Å². The molecule has 2 N–H and O–H groups in total. The third-order valence-corrected chi connectivity index (χ3v) is 5.72. The Balaban J connectivity index is 1.96. The minimum Gasteiger partial charge on any atom is -0.480 e. The normalized spacial score (nSPS) is 12.1. The van der Waals surface area contributed by atoms with Crippen molar-refractivity contribution in [1.82, 2.24) is 15.1 Å². The van der Waals surface area contributed by atoms with Crippen LogP contribution in [0.4, 0.5) is 0 Å². The number of carboxylic acids is 1. The molecule has 0 fully saturated rings. The van der Waals surface area contributed by atoms with E-state index in [1.54, 1.807) is 12.3 Å². The van der Waals surface area contributed by atoms with Gasteiger partial charge in [0.15, 0.2) is 5.78 Å². The number of hydrogen-bond acceptors (Lipinski definition) is 4. The van der Waals surface area contributed by atoms with Crippen LogP contribution in [-0.2, 0) is 11.3 Å². The van der Waals surface area contributed by atoms with E-state index in [9.17, 15) is 9.59 Å². The first-order chi connectivity index (χ1) is 16.9. The molecule has 0 saturated heterocycles. The molecule has 0 unspecified atom stereocenters. The summed E-state index contributed by atoms with van der Waals surface area (Å²) in [6.07, 6.45) is 13.3. The van der Waals surface area contributed by atoms with Crippen LogP contribution in [0.15, 0.2) is 47.0 Å². The maximum atomic E-state index is 12.0. The van der Waals surface area contributed by atoms with E-state index < -0.39 is 5.97 Å². The lowest BCUT2D eigenvalue weighted by Crippen LogP contribution is -2.22. The quantitative estimate of drug-likeness (QED) is 0.113. The molecule has 0 aliphatic carbocycles. The Kier molecular flexibility index (Phi) is 11.6. The zero-order chi connectivity index (χ0) is 25.6. The topological polar surface area (TPSA) is 109 Å². The number of ketones is 1. The van der Waals surface area contributed by atoms with Crippen molar-refractivity contribution >= 4 is 40.9 Å². The molecule has 8 heteroatoms. The molecule has 1 aromatic carbocycles. The summed E-state index contributed by atoms with van der Waals surface area (Å²) in [6.45, 7) is 11.2. The second-order valence-corrected chi connectivity index (χ2v) is 8.59. The Labute approximate surface area is 207 Å². The van der Waals surface area contributed by atoms with Gasteiger partial charge in [-0.1, -0.05) is 44.2 Å². The molecule has 35 heavy (non-hydrogen) atoms. The van der Waals surface area contributed by atoms with E-state index in [0.29, 0.717) is 16.9 Å². The molecular formula is C27H37N5O3. The summed E-state index contributed by atoms with van der Waals surface area (Å²) >= 11 is 0. The van der Waals surface area contributed by atoms with E-state index in [-0.39, 0.29) is 18.0 Å². The average molecular weight is 480 g/mol. The van der Waals surface area contributed by atoms with Gasteiger partial charge in [-0.2, -0.15) is 5.10 Å². The highest BCUT2D eigenvalue weighted by Gasteiger charge is 2.16. The number of rotatable bonds is 15. The molecule has 8 nitrogen and oxygen atoms in total. The van der Waals surface area contributed by atoms with Crippen LogP contribution < -0.4 is 5.32 Å². The molecular weight excluding hydrogens is 442 g/mol. The van der Waals surface area contributed by atoms with Crippen molar-refractivity contribution in [2.45, 2.75) is 71.8 Å². The fraction of sp³-hybridized carbons (Fsp3) is 0.444. The van der Waals surface area contributed by atoms with E-state index in [1.165, 1.54) is 50.1 Å². The Bertz CT molecular complexity index is 1100. The van der Waals surface area contributed by atoms with E-state index in [1.807, 2.05) is 25.1 Å². The minimum absolute atomic E-state index is 0.217. The molecule has 0 radical (unpaired) electrons. The van der Waals surface area contributed by atoms with Crippen molar-refractivity contribution in [3.63, 3.8) is 0 Å². The third kappa shape index (κ3) is 8.96. The van der Waals surface area contributed by atoms with Crippen LogP contribution in [0.3, 0.4) is 0 Å². The number of aliphatic imine (C=N–C) groups is 2. The number of aromatic nitrogens is 2. The average Bonchev–Trinajstić information content (AvgIpc) is 3.19. The number of Topliss-reactive ketones (excluding diaryl/α,β-unsaturated/α-hetero) is 1. The number of nitrogens with one attached hydrogen (secondary N) is 1. The van der Waals surface area contributed by atoms with Gasteiger partial charge in [-0.3, -0.25) is 14.3 Å². The lowest BCUT2D eigenvalue weighted by atomic mass is 10.0. The second-order valence-electron chi connectivity index (χ2n) is 8.59. The first kappa shape index (κ1) is 27.7. The van der Waals surface area contributed by atoms with Crippen LogP contribution in [0.1, 0.15) is 81.3 Å². The molecule has 2 rings (SSSR count). The van der Waals surface area contributed by atoms with Crippen LogP contribution in [0.25, 0.3) is 16.5 Å². The number of carbonyl (C=O) groups excluding carboxylic acids is 1. The van der Waals surface area contributed by atoms with E-state index in [2.05, 4.69) is 33.7 Å². The van der Waals surface area contributed by atoms with E-state index in [4.69, 9.17) is 5.11 Å². The van der Waals surface area contributed by atoms with Gasteiger partial charge < -0.3 is 10.4 Å². The van der Waals surface area contributed by atoms with Crippen molar-refractivity contribution < 1.29 is 14.7 Å². The van der Waals surface area contributed by atoms with Gasteiger partial charge in [-0.25, -0.2) is 9.98 Å². The highest BCUT2D eigenvalue weighted by atomic mass is 16.4. The Morgan fingerprint density at radius 3 is 2.43 bits per heavy atom. The van der Waals surface area contributed by atoms with Crippen LogP contribution >= 0.6 is 0 Å². The highest BCUT2D eigenvalue weighted by Crippen LogP contribution is 2.24. The van der Waals surface area contributed by atoms with Crippen LogP contribution in [-0.4, -0.2) is 45.9 Å². The smallest absolute Gasteiger partial charge is 0.325 e. The molecule has 0 saturated carbocycles. The third-order valence-electron chi connectivity index (χ3n) is 5.72. The predicted octanol–water partition coefficient (Wildman–Crippen LogP) is 5.64. The van der Waals surface area contributed by atoms with Gasteiger partial charge in [0.25, 0.3) is 0 Å². The number of allylic oxidation sites excluding steroid dienone is 2. The van der Waals surface area contributed by atoms with Gasteiger partial charge in [-0.05, 0) is 56.2 Å². The van der Waals surface area contributed by atoms with Gasteiger partial charge in [-0.15, -0.1) is 6.58 Å². The number of nitrogens with zero attached hydrogens (tertiary/aromatic N) is 4. The number of carboxylic acid groups (broad SMARTS) is 1. The van der Waals surface area contributed by atoms with Crippen molar-refractivity contribution in [2.75, 3.05) is 6.54 Å². The molecule has 1 heterocycles. The van der Waals surface area contributed by atoms with Crippen molar-refractivity contribution in [1.29, 1.82) is 0 Å². The van der Waals surface area contributed by atoms with Crippen LogP contribution in [0.5, 0.6) is 0 Å². The maximum absolute atomic E-state index is 12.0. The van der Waals surface area contributed by atoms with Crippen molar-refractivity contribution in [3.05, 3.63) is 48.3 Å². The number of hydrogen-bond donors (Lipinski definition) is 2. The zero-order valence-electron chi connectivity index (χ0n) is 20.9. The Morgan fingerprint density at radius 2 is 1.80 bits per heavy atom. The number of guanidine groups is 1. The molecule has 0 atom stereocenters. The largest absolute Gasteiger partial charge is 0.480 e. The predicted molar refractivity (Wildman–Crippen MR) is 143 cm³/mol. The minimum atomic E-state index is -1.02. The summed E-state index contributed by atoms with van der Waals surface area (Å²) in [5.41, 5.74) is 2.58. The van der Waals surface area contributed by atoms with Crippen LogP contribution in [0.2, 0.25) is 0 Å². The summed E-state index contributed by atoms with van der Waals surface area (Å²) in [6, 6.07) is 5.47. The number of fused-ring (bicyclic) bond motifs is 1. The van der Waals surface area contributed by atoms with E-state index >= 15 is 0 Å². The lowest BCUT2D eigenvalue weighted by Gasteiger charge is -2.06. The number of unbranched alkanes of at least 4 members (excludes halogenated alkanes) is 7. The summed E-state index contributed by atoms with van der Waals surface area (Å²) in [5.74, 6) is -0.769. The molecule has 0 bridgehead atoms. The lowest BCUT2D eigenvalue weighted by molar-refractivity contribution is -0.137. The SMILES string of the molecule is C=CCCCCCCCCCN/C(N=C)=N/C=C(\C)c1ccc2c(c1)c(C(C)=O)nn2CC(=O)O. The standard InChI is InChI=1S/C27H37N5O3/c1-5-6-7-8-9-10-11-12-13-16-29-27(28-4)30-18-20(2)22-14-15-24-23(17-22)26(21(3)33)31-32(24)19-25(34)35/h5,14-15,17-18H,1,4,6-13,16,19H2,2-3H3,(H,29,30)(H,34,35)/b20-18+. The number of benzene rings is 1. The first-order valence-corrected chi connectivity index (χ1v) is 12.2. The molecule has 1 aromatic heterocycles.